The van der Waals surface area contributed by atoms with E-state index in [0.29, 0.717) is 12.6 Å². The lowest BCUT2D eigenvalue weighted by Crippen LogP contribution is -2.25. The maximum absolute atomic E-state index is 12.0. The Hall–Kier alpha value is -0.410. The van der Waals surface area contributed by atoms with E-state index in [1.54, 1.807) is 0 Å². The molecule has 2 rings (SSSR count). The summed E-state index contributed by atoms with van der Waals surface area (Å²) in [6, 6.07) is 2.58. The Morgan fingerprint density at radius 2 is 2.54 bits per heavy atom. The van der Waals surface area contributed by atoms with E-state index < -0.39 is 0 Å². The highest BCUT2D eigenvalue weighted by Crippen LogP contribution is 2.32. The Morgan fingerprint density at radius 1 is 1.62 bits per heavy atom. The van der Waals surface area contributed by atoms with Crippen LogP contribution in [0, 0.1) is 0 Å². The first-order chi connectivity index (χ1) is 6.42. The molecule has 1 unspecified atom stereocenters. The highest BCUT2D eigenvalue weighted by molar-refractivity contribution is 7.10. The van der Waals surface area contributed by atoms with Crippen molar-refractivity contribution in [3.63, 3.8) is 0 Å². The predicted octanol–water partition coefficient (Wildman–Crippen LogP) is 2.68. The van der Waals surface area contributed by atoms with E-state index in [1.165, 1.54) is 23.3 Å². The van der Waals surface area contributed by atoms with E-state index in [2.05, 4.69) is 16.8 Å². The second-order valence-electron chi connectivity index (χ2n) is 3.39. The lowest BCUT2D eigenvalue weighted by atomic mass is 9.94. The van der Waals surface area contributed by atoms with Crippen LogP contribution in [-0.2, 0) is 6.42 Å². The standard InChI is InChI=1S/C10H14FNS/c11-5-6-12-9-2-1-3-10-8(9)4-7-13-10/h4,7,9,12H,1-3,5-6H2. The summed E-state index contributed by atoms with van der Waals surface area (Å²) < 4.78 is 12.0. The van der Waals surface area contributed by atoms with Gasteiger partial charge in [-0.2, -0.15) is 0 Å². The maximum atomic E-state index is 12.0. The molecule has 1 aliphatic rings. The van der Waals surface area contributed by atoms with E-state index in [-0.39, 0.29) is 6.67 Å². The molecule has 3 heteroatoms. The van der Waals surface area contributed by atoms with Crippen LogP contribution in [0.15, 0.2) is 11.4 Å². The third-order valence-electron chi connectivity index (χ3n) is 2.54. The van der Waals surface area contributed by atoms with Crippen molar-refractivity contribution >= 4 is 11.3 Å². The fraction of sp³-hybridized carbons (Fsp3) is 0.600. The Kier molecular flexibility index (Phi) is 2.96. The molecule has 72 valence electrons. The van der Waals surface area contributed by atoms with Crippen molar-refractivity contribution in [3.8, 4) is 0 Å². The first kappa shape index (κ1) is 9.16. The zero-order valence-electron chi connectivity index (χ0n) is 7.55. The quantitative estimate of drug-likeness (QED) is 0.789. The molecule has 1 aliphatic carbocycles. The lowest BCUT2D eigenvalue weighted by Gasteiger charge is -2.23. The Labute approximate surface area is 82.0 Å². The molecular formula is C10H14FNS. The summed E-state index contributed by atoms with van der Waals surface area (Å²) in [4.78, 5) is 1.49. The van der Waals surface area contributed by atoms with Crippen molar-refractivity contribution in [2.24, 2.45) is 0 Å². The third-order valence-corrected chi connectivity index (χ3v) is 3.53. The zero-order chi connectivity index (χ0) is 9.10. The smallest absolute Gasteiger partial charge is 0.102 e. The Bertz CT molecular complexity index is 272. The molecular weight excluding hydrogens is 185 g/mol. The van der Waals surface area contributed by atoms with Gasteiger partial charge < -0.3 is 5.32 Å². The molecule has 0 aliphatic heterocycles. The fourth-order valence-electron chi connectivity index (χ4n) is 1.93. The maximum Gasteiger partial charge on any atom is 0.102 e. The Balaban J connectivity index is 2.07. The van der Waals surface area contributed by atoms with Crippen molar-refractivity contribution in [2.45, 2.75) is 25.3 Å². The summed E-state index contributed by atoms with van der Waals surface area (Å²) >= 11 is 1.83. The molecule has 0 bridgehead atoms. The average Bonchev–Trinajstić information content (AvgIpc) is 2.62. The number of thiophene rings is 1. The molecule has 0 spiro atoms. The predicted molar refractivity (Wildman–Crippen MR) is 54.0 cm³/mol. The third kappa shape index (κ3) is 1.92. The molecule has 1 atom stereocenters. The minimum Gasteiger partial charge on any atom is -0.307 e. The minimum absolute atomic E-state index is 0.268. The van der Waals surface area contributed by atoms with Crippen molar-refractivity contribution < 1.29 is 4.39 Å². The van der Waals surface area contributed by atoms with Crippen LogP contribution in [0.5, 0.6) is 0 Å². The SMILES string of the molecule is FCCNC1CCCc2sccc21. The van der Waals surface area contributed by atoms with Gasteiger partial charge in [0.25, 0.3) is 0 Å². The van der Waals surface area contributed by atoms with E-state index in [0.717, 1.165) is 6.42 Å². The van der Waals surface area contributed by atoms with Gasteiger partial charge in [0.05, 0.1) is 0 Å². The number of fused-ring (bicyclic) bond motifs is 1. The second kappa shape index (κ2) is 4.20. The van der Waals surface area contributed by atoms with Crippen molar-refractivity contribution in [3.05, 3.63) is 21.9 Å². The molecule has 1 aromatic heterocycles. The van der Waals surface area contributed by atoms with Gasteiger partial charge in [-0.05, 0) is 36.3 Å². The molecule has 0 aromatic carbocycles. The summed E-state index contributed by atoms with van der Waals surface area (Å²) in [6.45, 7) is 0.218. The number of halogens is 1. The monoisotopic (exact) mass is 199 g/mol. The van der Waals surface area contributed by atoms with Gasteiger partial charge in [-0.25, -0.2) is 4.39 Å². The summed E-state index contributed by atoms with van der Waals surface area (Å²) in [6.07, 6.45) is 3.60. The van der Waals surface area contributed by atoms with Gasteiger partial charge in [0, 0.05) is 17.5 Å². The molecule has 0 saturated heterocycles. The Morgan fingerprint density at radius 3 is 3.38 bits per heavy atom. The lowest BCUT2D eigenvalue weighted by molar-refractivity contribution is 0.409. The van der Waals surface area contributed by atoms with Gasteiger partial charge in [-0.1, -0.05) is 0 Å². The van der Waals surface area contributed by atoms with Gasteiger partial charge in [0.1, 0.15) is 6.67 Å². The zero-order valence-corrected chi connectivity index (χ0v) is 8.37. The second-order valence-corrected chi connectivity index (χ2v) is 4.39. The molecule has 0 radical (unpaired) electrons. The van der Waals surface area contributed by atoms with Crippen LogP contribution in [0.25, 0.3) is 0 Å². The first-order valence-electron chi connectivity index (χ1n) is 4.77. The average molecular weight is 199 g/mol. The highest BCUT2D eigenvalue weighted by atomic mass is 32.1. The minimum atomic E-state index is -0.268. The van der Waals surface area contributed by atoms with Crippen LogP contribution in [0.1, 0.15) is 29.3 Å². The van der Waals surface area contributed by atoms with Crippen LogP contribution in [0.3, 0.4) is 0 Å². The summed E-state index contributed by atoms with van der Waals surface area (Å²) in [5.74, 6) is 0. The summed E-state index contributed by atoms with van der Waals surface area (Å²) in [5.41, 5.74) is 1.41. The number of hydrogen-bond acceptors (Lipinski definition) is 2. The van der Waals surface area contributed by atoms with Crippen LogP contribution >= 0.6 is 11.3 Å². The van der Waals surface area contributed by atoms with Gasteiger partial charge in [0.15, 0.2) is 0 Å². The van der Waals surface area contributed by atoms with E-state index in [4.69, 9.17) is 0 Å². The molecule has 1 heterocycles. The van der Waals surface area contributed by atoms with Gasteiger partial charge in [-0.15, -0.1) is 11.3 Å². The summed E-state index contributed by atoms with van der Waals surface area (Å²) in [5, 5.41) is 5.38. The van der Waals surface area contributed by atoms with Crippen LogP contribution in [-0.4, -0.2) is 13.2 Å². The van der Waals surface area contributed by atoms with Gasteiger partial charge in [-0.3, -0.25) is 0 Å². The number of rotatable bonds is 3. The van der Waals surface area contributed by atoms with E-state index in [1.807, 2.05) is 11.3 Å². The van der Waals surface area contributed by atoms with Crippen LogP contribution < -0.4 is 5.32 Å². The van der Waals surface area contributed by atoms with Gasteiger partial charge >= 0.3 is 0 Å². The first-order valence-corrected chi connectivity index (χ1v) is 5.65. The topological polar surface area (TPSA) is 12.0 Å². The molecule has 13 heavy (non-hydrogen) atoms. The van der Waals surface area contributed by atoms with Crippen molar-refractivity contribution in [1.82, 2.24) is 5.32 Å². The van der Waals surface area contributed by atoms with Crippen molar-refractivity contribution in [1.29, 1.82) is 0 Å². The largest absolute Gasteiger partial charge is 0.307 e. The van der Waals surface area contributed by atoms with E-state index >= 15 is 0 Å². The molecule has 1 aromatic rings. The fourth-order valence-corrected chi connectivity index (χ4v) is 2.91. The van der Waals surface area contributed by atoms with Crippen LogP contribution in [0.4, 0.5) is 4.39 Å². The number of nitrogens with one attached hydrogen (secondary N) is 1. The molecule has 1 nitrogen and oxygen atoms in total. The number of hydrogen-bond donors (Lipinski definition) is 1. The molecule has 0 amide bonds. The van der Waals surface area contributed by atoms with Crippen molar-refractivity contribution in [2.75, 3.05) is 13.2 Å². The molecule has 0 saturated carbocycles. The molecule has 1 N–H and O–H groups in total. The normalized spacial score (nSPS) is 21.5. The number of aryl methyl sites for hydroxylation is 1. The summed E-state index contributed by atoms with van der Waals surface area (Å²) in [7, 11) is 0. The van der Waals surface area contributed by atoms with Crippen LogP contribution in [0.2, 0.25) is 0 Å². The van der Waals surface area contributed by atoms with Gasteiger partial charge in [0.2, 0.25) is 0 Å². The molecule has 0 fully saturated rings. The highest BCUT2D eigenvalue weighted by Gasteiger charge is 2.19. The van der Waals surface area contributed by atoms with E-state index in [9.17, 15) is 4.39 Å². The number of alkyl halides is 1.